The highest BCUT2D eigenvalue weighted by molar-refractivity contribution is 6.09. The van der Waals surface area contributed by atoms with Gasteiger partial charge in [-0.05, 0) is 110 Å². The van der Waals surface area contributed by atoms with E-state index in [4.69, 9.17) is 23.7 Å². The van der Waals surface area contributed by atoms with Crippen molar-refractivity contribution in [2.45, 2.75) is 209 Å². The lowest BCUT2D eigenvalue weighted by Gasteiger charge is -2.35. The Kier molecular flexibility index (Phi) is 30.0. The molecule has 0 aliphatic carbocycles. The first kappa shape index (κ1) is 69.2. The van der Waals surface area contributed by atoms with Gasteiger partial charge in [-0.15, -0.1) is 0 Å². The second kappa shape index (κ2) is 32.6. The van der Waals surface area contributed by atoms with E-state index in [0.717, 1.165) is 38.5 Å². The molecule has 0 bridgehead atoms. The van der Waals surface area contributed by atoms with Gasteiger partial charge < -0.3 is 55.6 Å². The van der Waals surface area contributed by atoms with E-state index >= 15 is 9.59 Å². The zero-order valence-electron chi connectivity index (χ0n) is 47.9. The van der Waals surface area contributed by atoms with Crippen molar-refractivity contribution < 1.29 is 76.4 Å². The summed E-state index contributed by atoms with van der Waals surface area (Å²) in [6, 6.07) is 0. The Bertz CT molecular complexity index is 1920. The van der Waals surface area contributed by atoms with Gasteiger partial charge in [0.1, 0.15) is 33.9 Å². The third-order valence-corrected chi connectivity index (χ3v) is 10.3. The summed E-state index contributed by atoms with van der Waals surface area (Å²) in [6.45, 7) is 20.7. The molecule has 430 valence electrons. The van der Waals surface area contributed by atoms with Crippen LogP contribution >= 0.6 is 0 Å². The molecule has 0 saturated heterocycles. The van der Waals surface area contributed by atoms with Crippen LogP contribution in [0.5, 0.6) is 0 Å². The molecule has 6 amide bonds. The number of ketones is 5. The van der Waals surface area contributed by atoms with Crippen molar-refractivity contribution in [1.29, 1.82) is 0 Å². The molecule has 0 aromatic rings. The minimum atomic E-state index is -2.27. The number of nitrogens with one attached hydrogen (secondary N) is 6. The van der Waals surface area contributed by atoms with Gasteiger partial charge in [0.05, 0.1) is 32.7 Å². The average Bonchev–Trinajstić information content (AvgIpc) is 3.23. The van der Waals surface area contributed by atoms with Gasteiger partial charge in [0.25, 0.3) is 0 Å². The number of carbonyl (C=O) groups excluding carboxylic acids is 11. The zero-order chi connectivity index (χ0) is 58.0. The van der Waals surface area contributed by atoms with E-state index < -0.39 is 156 Å². The largest absolute Gasteiger partial charge is 0.444 e. The maximum absolute atomic E-state index is 15.1. The minimum Gasteiger partial charge on any atom is -0.444 e. The molecular formula is C53H92N6O16. The molecule has 75 heavy (non-hydrogen) atoms. The van der Waals surface area contributed by atoms with E-state index in [1.165, 1.54) is 12.8 Å². The lowest BCUT2D eigenvalue weighted by molar-refractivity contribution is -0.148. The highest BCUT2D eigenvalue weighted by Crippen LogP contribution is 2.34. The highest BCUT2D eigenvalue weighted by atomic mass is 16.6. The van der Waals surface area contributed by atoms with E-state index in [1.807, 2.05) is 0 Å². The highest BCUT2D eigenvalue weighted by Gasteiger charge is 2.50. The standard InChI is InChI=1S/C53H92N6O16/c1-17-18-19-20-21-22-23-24-25-26-27-54-43(65)42(39(64)33-59-48(70)75-53(14,15)16)41(38(63)32-58-47(69)74-52(11,12)13)40(37(62)31-57-46(68)73-51(8,9)10)35(36(61)30-56-45(67)72-50(5,6)7)28-34(60)29-55-44(66)71-49(2,3)4/h35,40-42H,17-33H2,1-16H3,(H,54,65)(H,55,66)(H,56,67)(H,57,68)(H,58,69)(H,59,70). The number of Topliss-reactive ketones (excluding diaryl/α,β-unsaturated/α-hetero) is 5. The summed E-state index contributed by atoms with van der Waals surface area (Å²) in [5, 5.41) is 14.1. The third-order valence-electron chi connectivity index (χ3n) is 10.3. The maximum atomic E-state index is 15.1. The van der Waals surface area contributed by atoms with Crippen LogP contribution in [0.25, 0.3) is 0 Å². The zero-order valence-corrected chi connectivity index (χ0v) is 47.9. The van der Waals surface area contributed by atoms with Crippen molar-refractivity contribution >= 4 is 65.3 Å². The second-order valence-electron chi connectivity index (χ2n) is 23.5. The van der Waals surface area contributed by atoms with Crippen LogP contribution in [0.15, 0.2) is 0 Å². The fraction of sp³-hybridized carbons (Fsp3) is 0.792. The van der Waals surface area contributed by atoms with E-state index in [-0.39, 0.29) is 6.54 Å². The molecule has 0 heterocycles. The number of unbranched alkanes of at least 4 members (excludes halogenated alkanes) is 9. The van der Waals surface area contributed by atoms with Crippen LogP contribution in [0.4, 0.5) is 24.0 Å². The van der Waals surface area contributed by atoms with Gasteiger partial charge >= 0.3 is 30.5 Å². The van der Waals surface area contributed by atoms with Crippen LogP contribution in [0.2, 0.25) is 0 Å². The molecule has 0 aliphatic rings. The number of amides is 6. The molecule has 0 aromatic heterocycles. The summed E-state index contributed by atoms with van der Waals surface area (Å²) in [4.78, 5) is 153. The fourth-order valence-electron chi connectivity index (χ4n) is 7.33. The molecule has 0 saturated carbocycles. The van der Waals surface area contributed by atoms with Crippen LogP contribution < -0.4 is 31.9 Å². The predicted molar refractivity (Wildman–Crippen MR) is 280 cm³/mol. The fourth-order valence-corrected chi connectivity index (χ4v) is 7.33. The van der Waals surface area contributed by atoms with E-state index in [1.54, 1.807) is 104 Å². The molecule has 0 radical (unpaired) electrons. The third kappa shape index (κ3) is 34.4. The Morgan fingerprint density at radius 2 is 0.640 bits per heavy atom. The van der Waals surface area contributed by atoms with Gasteiger partial charge in [-0.25, -0.2) is 24.0 Å². The SMILES string of the molecule is CCCCCCCCCCCCNC(=O)C(C(=O)CNC(=O)OC(C)(C)C)C(C(=O)CNC(=O)OC(C)(C)C)C(C(=O)CNC(=O)OC(C)(C)C)C(CC(=O)CNC(=O)OC(C)(C)C)C(=O)CNC(=O)OC(C)(C)C. The molecular weight excluding hydrogens is 977 g/mol. The van der Waals surface area contributed by atoms with E-state index in [9.17, 15) is 43.2 Å². The van der Waals surface area contributed by atoms with Gasteiger partial charge in [-0.2, -0.15) is 0 Å². The van der Waals surface area contributed by atoms with Gasteiger partial charge in [0.2, 0.25) is 5.91 Å². The van der Waals surface area contributed by atoms with Gasteiger partial charge in [-0.1, -0.05) is 64.7 Å². The summed E-state index contributed by atoms with van der Waals surface area (Å²) in [5.41, 5.74) is -5.25. The van der Waals surface area contributed by atoms with E-state index in [2.05, 4.69) is 38.8 Å². The lowest BCUT2D eigenvalue weighted by Crippen LogP contribution is -2.55. The van der Waals surface area contributed by atoms with Gasteiger partial charge in [0.15, 0.2) is 28.9 Å². The number of rotatable bonds is 31. The Balaban J connectivity index is 8.12. The molecule has 22 nitrogen and oxygen atoms in total. The lowest BCUT2D eigenvalue weighted by atomic mass is 9.66. The number of hydrogen-bond acceptors (Lipinski definition) is 16. The Labute approximate surface area is 444 Å². The molecule has 0 aliphatic heterocycles. The monoisotopic (exact) mass is 1070 g/mol. The van der Waals surface area contributed by atoms with E-state index in [0.29, 0.717) is 12.8 Å². The molecule has 4 atom stereocenters. The molecule has 0 rings (SSSR count). The first-order valence-corrected chi connectivity index (χ1v) is 26.1. The second-order valence-corrected chi connectivity index (χ2v) is 23.5. The first-order valence-electron chi connectivity index (χ1n) is 26.1. The Morgan fingerprint density at radius 3 is 0.987 bits per heavy atom. The van der Waals surface area contributed by atoms with Crippen molar-refractivity contribution in [2.24, 2.45) is 23.7 Å². The normalized spacial score (nSPS) is 13.5. The number of ether oxygens (including phenoxy) is 5. The summed E-state index contributed by atoms with van der Waals surface area (Å²) < 4.78 is 26.5. The van der Waals surface area contributed by atoms with Gasteiger partial charge in [0, 0.05) is 30.7 Å². The van der Waals surface area contributed by atoms with Crippen LogP contribution in [-0.2, 0) is 52.5 Å². The van der Waals surface area contributed by atoms with Gasteiger partial charge in [-0.3, -0.25) is 28.8 Å². The maximum Gasteiger partial charge on any atom is 0.408 e. The summed E-state index contributed by atoms with van der Waals surface area (Å²) in [7, 11) is 0. The average molecular weight is 1070 g/mol. The number of carbonyl (C=O) groups is 11. The van der Waals surface area contributed by atoms with Crippen LogP contribution in [0, 0.1) is 23.7 Å². The molecule has 22 heteroatoms. The van der Waals surface area contributed by atoms with Crippen molar-refractivity contribution in [3.05, 3.63) is 0 Å². The molecule has 4 unspecified atom stereocenters. The quantitative estimate of drug-likeness (QED) is 0.0225. The predicted octanol–water partition coefficient (Wildman–Crippen LogP) is 7.35. The molecule has 0 aromatic carbocycles. The molecule has 0 spiro atoms. The van der Waals surface area contributed by atoms with Crippen LogP contribution in [0.1, 0.15) is 181 Å². The Morgan fingerprint density at radius 1 is 0.347 bits per heavy atom. The molecule has 6 N–H and O–H groups in total. The summed E-state index contributed by atoms with van der Waals surface area (Å²) >= 11 is 0. The Hall–Kier alpha value is -5.83. The first-order chi connectivity index (χ1) is 34.3. The number of alkyl carbamates (subject to hydrolysis) is 5. The van der Waals surface area contributed by atoms with Crippen molar-refractivity contribution in [1.82, 2.24) is 31.9 Å². The van der Waals surface area contributed by atoms with Crippen LogP contribution in [0.3, 0.4) is 0 Å². The summed E-state index contributed by atoms with van der Waals surface area (Å²) in [5.74, 6) is -15.4. The van der Waals surface area contributed by atoms with Crippen molar-refractivity contribution in [3.63, 3.8) is 0 Å². The number of hydrogen-bond donors (Lipinski definition) is 6. The molecule has 0 fully saturated rings. The van der Waals surface area contributed by atoms with Crippen molar-refractivity contribution in [2.75, 3.05) is 39.3 Å². The topological polar surface area (TPSA) is 306 Å². The summed E-state index contributed by atoms with van der Waals surface area (Å²) in [6.07, 6.45) is 3.20. The van der Waals surface area contributed by atoms with Crippen LogP contribution in [-0.4, -0.2) is 133 Å². The minimum absolute atomic E-state index is 0.0223. The van der Waals surface area contributed by atoms with Crippen molar-refractivity contribution in [3.8, 4) is 0 Å². The smallest absolute Gasteiger partial charge is 0.408 e.